The molecular weight excluding hydrogens is 360 g/mol. The zero-order valence-electron chi connectivity index (χ0n) is 18.1. The molecule has 1 saturated heterocycles. The minimum Gasteiger partial charge on any atom is -0.379 e. The first-order valence-electron chi connectivity index (χ1n) is 11.3. The molecular formula is C24H36N4O. The van der Waals surface area contributed by atoms with Crippen molar-refractivity contribution in [1.29, 1.82) is 0 Å². The molecule has 1 aliphatic heterocycles. The number of hydrogen-bond acceptors (Lipinski definition) is 4. The number of ether oxygens (including phenoxy) is 1. The summed E-state index contributed by atoms with van der Waals surface area (Å²) in [6.45, 7) is 6.94. The molecule has 0 bridgehead atoms. The number of likely N-dealkylation sites (N-methyl/N-ethyl adjacent to an activating group) is 1. The molecule has 2 aliphatic rings. The monoisotopic (exact) mass is 396 g/mol. The molecule has 0 atom stereocenters. The molecule has 158 valence electrons. The number of aryl methyl sites for hydroxylation is 1. The Labute approximate surface area is 175 Å². The third-order valence-electron chi connectivity index (χ3n) is 6.51. The van der Waals surface area contributed by atoms with Crippen molar-refractivity contribution in [3.8, 4) is 11.3 Å². The summed E-state index contributed by atoms with van der Waals surface area (Å²) in [5, 5.41) is 4.79. The van der Waals surface area contributed by atoms with Gasteiger partial charge in [0, 0.05) is 57.1 Å². The fourth-order valence-corrected chi connectivity index (χ4v) is 4.75. The Balaban J connectivity index is 1.39. The van der Waals surface area contributed by atoms with Gasteiger partial charge in [-0.15, -0.1) is 0 Å². The quantitative estimate of drug-likeness (QED) is 0.711. The molecule has 4 rings (SSSR count). The zero-order valence-corrected chi connectivity index (χ0v) is 18.1. The van der Waals surface area contributed by atoms with Crippen molar-refractivity contribution in [3.63, 3.8) is 0 Å². The van der Waals surface area contributed by atoms with Gasteiger partial charge in [-0.1, -0.05) is 43.5 Å². The lowest BCUT2D eigenvalue weighted by atomic mass is 9.84. The Morgan fingerprint density at radius 2 is 1.79 bits per heavy atom. The highest BCUT2D eigenvalue weighted by Gasteiger charge is 2.17. The maximum atomic E-state index is 5.45. The molecule has 5 heteroatoms. The molecule has 0 radical (unpaired) electrons. The summed E-state index contributed by atoms with van der Waals surface area (Å²) in [7, 11) is 4.24. The van der Waals surface area contributed by atoms with E-state index in [1.807, 2.05) is 11.7 Å². The maximum absolute atomic E-state index is 5.45. The highest BCUT2D eigenvalue weighted by molar-refractivity contribution is 5.63. The summed E-state index contributed by atoms with van der Waals surface area (Å²) in [6, 6.07) is 9.24. The zero-order chi connectivity index (χ0) is 20.1. The highest BCUT2D eigenvalue weighted by Crippen LogP contribution is 2.33. The molecule has 1 aromatic heterocycles. The highest BCUT2D eigenvalue weighted by atomic mass is 16.5. The molecule has 0 spiro atoms. The molecule has 0 unspecified atom stereocenters. The minimum absolute atomic E-state index is 0.757. The smallest absolute Gasteiger partial charge is 0.0968 e. The van der Waals surface area contributed by atoms with Crippen LogP contribution in [0, 0.1) is 0 Å². The molecule has 29 heavy (non-hydrogen) atoms. The molecule has 0 amide bonds. The van der Waals surface area contributed by atoms with E-state index in [1.165, 1.54) is 48.8 Å². The summed E-state index contributed by atoms with van der Waals surface area (Å²) >= 11 is 0. The van der Waals surface area contributed by atoms with Crippen molar-refractivity contribution >= 4 is 0 Å². The van der Waals surface area contributed by atoms with Gasteiger partial charge in [0.1, 0.15) is 0 Å². The molecule has 1 aromatic carbocycles. The standard InChI is InChI=1S/C24H36N4O/c1-26(12-13-28-14-16-29-17-15-28)18-23-19-27(2)25-24(23)22-10-8-21(9-11-22)20-6-4-3-5-7-20/h8-11,19-20H,3-7,12-18H2,1-2H3. The number of hydrogen-bond donors (Lipinski definition) is 0. The van der Waals surface area contributed by atoms with E-state index < -0.39 is 0 Å². The number of nitrogens with zero attached hydrogens (tertiary/aromatic N) is 4. The van der Waals surface area contributed by atoms with Gasteiger partial charge >= 0.3 is 0 Å². The van der Waals surface area contributed by atoms with E-state index in [0.717, 1.165) is 57.5 Å². The Bertz CT molecular complexity index is 758. The average Bonchev–Trinajstić information content (AvgIpc) is 3.13. The third kappa shape index (κ3) is 5.47. The van der Waals surface area contributed by atoms with Gasteiger partial charge in [0.25, 0.3) is 0 Å². The van der Waals surface area contributed by atoms with Gasteiger partial charge in [-0.3, -0.25) is 9.58 Å². The number of rotatable bonds is 7. The molecule has 2 aromatic rings. The first kappa shape index (κ1) is 20.6. The minimum atomic E-state index is 0.757. The summed E-state index contributed by atoms with van der Waals surface area (Å²) in [5.41, 5.74) is 5.18. The molecule has 5 nitrogen and oxygen atoms in total. The Kier molecular flexibility index (Phi) is 7.01. The predicted molar refractivity (Wildman–Crippen MR) is 118 cm³/mol. The number of benzene rings is 1. The van der Waals surface area contributed by atoms with Gasteiger partial charge in [0.15, 0.2) is 0 Å². The molecule has 2 fully saturated rings. The Hall–Kier alpha value is -1.69. The average molecular weight is 397 g/mol. The maximum Gasteiger partial charge on any atom is 0.0968 e. The van der Waals surface area contributed by atoms with Crippen LogP contribution in [0.5, 0.6) is 0 Å². The lowest BCUT2D eigenvalue weighted by molar-refractivity contribution is 0.0342. The third-order valence-corrected chi connectivity index (χ3v) is 6.51. The van der Waals surface area contributed by atoms with E-state index >= 15 is 0 Å². The van der Waals surface area contributed by atoms with E-state index in [4.69, 9.17) is 9.84 Å². The van der Waals surface area contributed by atoms with E-state index in [-0.39, 0.29) is 0 Å². The topological polar surface area (TPSA) is 33.5 Å². The van der Waals surface area contributed by atoms with Crippen molar-refractivity contribution in [2.24, 2.45) is 7.05 Å². The van der Waals surface area contributed by atoms with Crippen LogP contribution in [0.4, 0.5) is 0 Å². The van der Waals surface area contributed by atoms with Gasteiger partial charge < -0.3 is 9.64 Å². The van der Waals surface area contributed by atoms with Crippen LogP contribution in [0.2, 0.25) is 0 Å². The van der Waals surface area contributed by atoms with E-state index in [9.17, 15) is 0 Å². The summed E-state index contributed by atoms with van der Waals surface area (Å²) in [4.78, 5) is 4.90. The largest absolute Gasteiger partial charge is 0.379 e. The van der Waals surface area contributed by atoms with Crippen molar-refractivity contribution in [2.75, 3.05) is 46.4 Å². The number of morpholine rings is 1. The van der Waals surface area contributed by atoms with Crippen LogP contribution in [0.1, 0.15) is 49.1 Å². The molecule has 2 heterocycles. The number of aromatic nitrogens is 2. The lowest BCUT2D eigenvalue weighted by Gasteiger charge is -2.28. The van der Waals surface area contributed by atoms with Crippen LogP contribution < -0.4 is 0 Å². The van der Waals surface area contributed by atoms with E-state index in [1.54, 1.807) is 0 Å². The Morgan fingerprint density at radius 1 is 1.07 bits per heavy atom. The fraction of sp³-hybridized carbons (Fsp3) is 0.625. The SMILES string of the molecule is CN(CCN1CCOCC1)Cc1cn(C)nc1-c1ccc(C2CCCCC2)cc1. The second-order valence-electron chi connectivity index (χ2n) is 8.83. The Morgan fingerprint density at radius 3 is 2.52 bits per heavy atom. The van der Waals surface area contributed by atoms with E-state index in [2.05, 4.69) is 47.3 Å². The van der Waals surface area contributed by atoms with Crippen LogP contribution >= 0.6 is 0 Å². The van der Waals surface area contributed by atoms with Crippen molar-refractivity contribution < 1.29 is 4.74 Å². The molecule has 1 saturated carbocycles. The van der Waals surface area contributed by atoms with Gasteiger partial charge in [-0.25, -0.2) is 0 Å². The van der Waals surface area contributed by atoms with Crippen molar-refractivity contribution in [2.45, 2.75) is 44.6 Å². The normalized spacial score (nSPS) is 19.1. The van der Waals surface area contributed by atoms with Crippen molar-refractivity contribution in [1.82, 2.24) is 19.6 Å². The first-order valence-corrected chi connectivity index (χ1v) is 11.3. The van der Waals surface area contributed by atoms with Crippen molar-refractivity contribution in [3.05, 3.63) is 41.6 Å². The van der Waals surface area contributed by atoms with Crippen LogP contribution in [0.3, 0.4) is 0 Å². The summed E-state index contributed by atoms with van der Waals surface area (Å²) in [5.74, 6) is 0.757. The second-order valence-corrected chi connectivity index (χ2v) is 8.83. The van der Waals surface area contributed by atoms with Gasteiger partial charge in [-0.2, -0.15) is 5.10 Å². The van der Waals surface area contributed by atoms with Crippen LogP contribution in [-0.2, 0) is 18.3 Å². The fourth-order valence-electron chi connectivity index (χ4n) is 4.75. The summed E-state index contributed by atoms with van der Waals surface area (Å²) in [6.07, 6.45) is 9.05. The van der Waals surface area contributed by atoms with Crippen LogP contribution in [0.25, 0.3) is 11.3 Å². The predicted octanol–water partition coefficient (Wildman–Crippen LogP) is 3.90. The van der Waals surface area contributed by atoms with E-state index in [0.29, 0.717) is 0 Å². The molecule has 1 aliphatic carbocycles. The van der Waals surface area contributed by atoms with Gasteiger partial charge in [0.05, 0.1) is 18.9 Å². The first-order chi connectivity index (χ1) is 14.2. The second kappa shape index (κ2) is 9.88. The van der Waals surface area contributed by atoms with Crippen LogP contribution in [0.15, 0.2) is 30.5 Å². The van der Waals surface area contributed by atoms with Gasteiger partial charge in [-0.05, 0) is 31.4 Å². The van der Waals surface area contributed by atoms with Gasteiger partial charge in [0.2, 0.25) is 0 Å². The molecule has 0 N–H and O–H groups in total. The summed E-state index contributed by atoms with van der Waals surface area (Å²) < 4.78 is 7.40. The van der Waals surface area contributed by atoms with Crippen LogP contribution in [-0.4, -0.2) is 66.0 Å². The lowest BCUT2D eigenvalue weighted by Crippen LogP contribution is -2.40.